The third kappa shape index (κ3) is 2.19. The summed E-state index contributed by atoms with van der Waals surface area (Å²) in [5.74, 6) is -0.302. The van der Waals surface area contributed by atoms with Crippen molar-refractivity contribution in [1.29, 1.82) is 0 Å². The lowest BCUT2D eigenvalue weighted by Crippen LogP contribution is -2.11. The van der Waals surface area contributed by atoms with E-state index in [0.29, 0.717) is 15.6 Å². The molecule has 2 aromatic heterocycles. The molecule has 5 nitrogen and oxygen atoms in total. The van der Waals surface area contributed by atoms with Gasteiger partial charge in [0.15, 0.2) is 10.8 Å². The van der Waals surface area contributed by atoms with E-state index >= 15 is 0 Å². The van der Waals surface area contributed by atoms with Crippen molar-refractivity contribution in [2.75, 3.05) is 5.32 Å². The molecule has 2 heterocycles. The Morgan fingerprint density at radius 2 is 2.32 bits per heavy atom. The van der Waals surface area contributed by atoms with E-state index in [2.05, 4.69) is 15.5 Å². The number of nitrogens with zero attached hydrogens (tertiary/aromatic N) is 2. The first-order chi connectivity index (χ1) is 9.13. The van der Waals surface area contributed by atoms with Gasteiger partial charge in [0, 0.05) is 6.07 Å². The van der Waals surface area contributed by atoms with E-state index in [1.807, 2.05) is 0 Å². The first kappa shape index (κ1) is 11.8. The van der Waals surface area contributed by atoms with E-state index in [1.165, 1.54) is 23.5 Å². The van der Waals surface area contributed by atoms with E-state index < -0.39 is 11.7 Å². The van der Waals surface area contributed by atoms with Crippen LogP contribution in [0.5, 0.6) is 0 Å². The van der Waals surface area contributed by atoms with Gasteiger partial charge in [0.1, 0.15) is 17.1 Å². The van der Waals surface area contributed by atoms with Gasteiger partial charge in [0.25, 0.3) is 5.91 Å². The van der Waals surface area contributed by atoms with Crippen molar-refractivity contribution in [3.63, 3.8) is 0 Å². The molecule has 0 bridgehead atoms. The first-order valence-corrected chi connectivity index (χ1v) is 6.25. The molecule has 1 amide bonds. The second-order valence-electron chi connectivity index (χ2n) is 3.88. The number of thiazole rings is 1. The Hall–Kier alpha value is -2.28. The van der Waals surface area contributed by atoms with Crippen LogP contribution in [0.3, 0.4) is 0 Å². The number of fused-ring (bicyclic) bond motifs is 1. The Morgan fingerprint density at radius 3 is 3.00 bits per heavy atom. The van der Waals surface area contributed by atoms with Crippen LogP contribution in [-0.4, -0.2) is 16.0 Å². The van der Waals surface area contributed by atoms with Crippen LogP contribution in [0.15, 0.2) is 28.8 Å². The minimum atomic E-state index is -0.434. The van der Waals surface area contributed by atoms with Crippen molar-refractivity contribution in [1.82, 2.24) is 10.1 Å². The van der Waals surface area contributed by atoms with E-state index in [-0.39, 0.29) is 11.2 Å². The maximum absolute atomic E-state index is 13.5. The molecular weight excluding hydrogens is 269 g/mol. The number of aryl methyl sites for hydroxylation is 1. The average Bonchev–Trinajstić information content (AvgIpc) is 2.96. The molecule has 0 aliphatic rings. The molecular formula is C12H8FN3O2S. The standard InChI is InChI=1S/C12H8FN3O2S/c1-6-5-8(16-18-6)11(17)15-12-14-10-7(13)3-2-4-9(10)19-12/h2-5H,1H3,(H,14,15,17). The number of amides is 1. The maximum Gasteiger partial charge on any atom is 0.279 e. The summed E-state index contributed by atoms with van der Waals surface area (Å²) in [6, 6.07) is 6.19. The summed E-state index contributed by atoms with van der Waals surface area (Å²) in [6.07, 6.45) is 0. The number of hydrogen-bond acceptors (Lipinski definition) is 5. The number of rotatable bonds is 2. The summed E-state index contributed by atoms with van der Waals surface area (Å²) >= 11 is 1.20. The molecule has 3 rings (SSSR count). The first-order valence-electron chi connectivity index (χ1n) is 5.43. The lowest BCUT2D eigenvalue weighted by molar-refractivity contribution is 0.101. The SMILES string of the molecule is Cc1cc(C(=O)Nc2nc3c(F)cccc3s2)no1. The fraction of sp³-hybridized carbons (Fsp3) is 0.0833. The summed E-state index contributed by atoms with van der Waals surface area (Å²) in [5.41, 5.74) is 0.413. The lowest BCUT2D eigenvalue weighted by Gasteiger charge is -1.95. The van der Waals surface area contributed by atoms with Gasteiger partial charge in [0.05, 0.1) is 4.70 Å². The van der Waals surface area contributed by atoms with Gasteiger partial charge >= 0.3 is 0 Å². The minimum Gasteiger partial charge on any atom is -0.361 e. The van der Waals surface area contributed by atoms with Crippen molar-refractivity contribution in [2.24, 2.45) is 0 Å². The van der Waals surface area contributed by atoms with Crippen LogP contribution in [0.4, 0.5) is 9.52 Å². The number of hydrogen-bond donors (Lipinski definition) is 1. The lowest BCUT2D eigenvalue weighted by atomic mass is 10.3. The van der Waals surface area contributed by atoms with E-state index in [9.17, 15) is 9.18 Å². The van der Waals surface area contributed by atoms with Crippen LogP contribution in [0.2, 0.25) is 0 Å². The summed E-state index contributed by atoms with van der Waals surface area (Å²) < 4.78 is 19.0. The molecule has 0 fully saturated rings. The van der Waals surface area contributed by atoms with Crippen LogP contribution in [0.1, 0.15) is 16.2 Å². The van der Waals surface area contributed by atoms with Gasteiger partial charge in [-0.25, -0.2) is 9.37 Å². The highest BCUT2D eigenvalue weighted by molar-refractivity contribution is 7.22. The Kier molecular flexibility index (Phi) is 2.75. The molecule has 0 radical (unpaired) electrons. The van der Waals surface area contributed by atoms with Crippen molar-refractivity contribution in [2.45, 2.75) is 6.92 Å². The predicted molar refractivity (Wildman–Crippen MR) is 68.8 cm³/mol. The second-order valence-corrected chi connectivity index (χ2v) is 4.91. The smallest absolute Gasteiger partial charge is 0.279 e. The molecule has 0 saturated heterocycles. The van der Waals surface area contributed by atoms with Crippen LogP contribution in [0.25, 0.3) is 10.2 Å². The highest BCUT2D eigenvalue weighted by Gasteiger charge is 2.14. The molecule has 0 spiro atoms. The molecule has 0 aliphatic heterocycles. The van der Waals surface area contributed by atoms with Crippen molar-refractivity contribution < 1.29 is 13.7 Å². The zero-order chi connectivity index (χ0) is 13.4. The van der Waals surface area contributed by atoms with Crippen LogP contribution >= 0.6 is 11.3 Å². The van der Waals surface area contributed by atoms with Gasteiger partial charge < -0.3 is 4.52 Å². The van der Waals surface area contributed by atoms with Gasteiger partial charge in [-0.2, -0.15) is 0 Å². The number of carbonyl (C=O) groups excluding carboxylic acids is 1. The molecule has 0 atom stereocenters. The average molecular weight is 277 g/mol. The minimum absolute atomic E-state index is 0.164. The number of para-hydroxylation sites is 1. The number of carbonyl (C=O) groups is 1. The summed E-state index contributed by atoms with van der Waals surface area (Å²) in [4.78, 5) is 15.9. The van der Waals surface area contributed by atoms with Gasteiger partial charge in [-0.05, 0) is 19.1 Å². The van der Waals surface area contributed by atoms with Gasteiger partial charge in [-0.3, -0.25) is 10.1 Å². The molecule has 3 aromatic rings. The van der Waals surface area contributed by atoms with Crippen LogP contribution in [0, 0.1) is 12.7 Å². The molecule has 7 heteroatoms. The molecule has 0 unspecified atom stereocenters. The van der Waals surface area contributed by atoms with Gasteiger partial charge in [-0.1, -0.05) is 22.6 Å². The van der Waals surface area contributed by atoms with E-state index in [1.54, 1.807) is 19.1 Å². The highest BCUT2D eigenvalue weighted by atomic mass is 32.1. The van der Waals surface area contributed by atoms with Crippen molar-refractivity contribution in [3.05, 3.63) is 41.5 Å². The summed E-state index contributed by atoms with van der Waals surface area (Å²) in [7, 11) is 0. The van der Waals surface area contributed by atoms with Crippen molar-refractivity contribution in [3.8, 4) is 0 Å². The number of halogens is 1. The Morgan fingerprint density at radius 1 is 1.47 bits per heavy atom. The quantitative estimate of drug-likeness (QED) is 0.782. The summed E-state index contributed by atoms with van der Waals surface area (Å²) in [5, 5.41) is 6.49. The molecule has 1 aromatic carbocycles. The Bertz CT molecular complexity index is 765. The third-order valence-corrected chi connectivity index (χ3v) is 3.39. The van der Waals surface area contributed by atoms with Crippen LogP contribution < -0.4 is 5.32 Å². The number of aromatic nitrogens is 2. The van der Waals surface area contributed by atoms with E-state index in [0.717, 1.165) is 0 Å². The van der Waals surface area contributed by atoms with E-state index in [4.69, 9.17) is 4.52 Å². The monoisotopic (exact) mass is 277 g/mol. The topological polar surface area (TPSA) is 68.0 Å². The Labute approximate surface area is 111 Å². The second kappa shape index (κ2) is 4.43. The van der Waals surface area contributed by atoms with Crippen LogP contribution in [-0.2, 0) is 0 Å². The van der Waals surface area contributed by atoms with Gasteiger partial charge in [0.2, 0.25) is 0 Å². The number of benzene rings is 1. The fourth-order valence-electron chi connectivity index (χ4n) is 1.60. The molecule has 96 valence electrons. The molecule has 0 aliphatic carbocycles. The normalized spacial score (nSPS) is 10.8. The Balaban J connectivity index is 1.89. The number of nitrogens with one attached hydrogen (secondary N) is 1. The molecule has 0 saturated carbocycles. The third-order valence-electron chi connectivity index (χ3n) is 2.45. The maximum atomic E-state index is 13.5. The molecule has 1 N–H and O–H groups in total. The van der Waals surface area contributed by atoms with Gasteiger partial charge in [-0.15, -0.1) is 0 Å². The number of anilines is 1. The predicted octanol–water partition coefficient (Wildman–Crippen LogP) is 2.98. The highest BCUT2D eigenvalue weighted by Crippen LogP contribution is 2.27. The zero-order valence-electron chi connectivity index (χ0n) is 9.81. The zero-order valence-corrected chi connectivity index (χ0v) is 10.6. The molecule has 19 heavy (non-hydrogen) atoms. The fourth-order valence-corrected chi connectivity index (χ4v) is 2.48. The van der Waals surface area contributed by atoms with Crippen molar-refractivity contribution >= 4 is 32.6 Å². The summed E-state index contributed by atoms with van der Waals surface area (Å²) in [6.45, 7) is 1.69. The largest absolute Gasteiger partial charge is 0.361 e.